The standard InChI is InChI=1S/C19H17ClFN3O2/c20-14-5-3-4-13(10-14)19(22,17(25)12-8-9-24(21)11-12)18-23-15-6-1-2-7-16(15)26-18/h1-7,10,12H,8-9,11,22H2/t12?,19-/m1/s1. The number of hydrogen-bond donors (Lipinski definition) is 1. The SMILES string of the molecule is N[C@@](C(=O)C1CCN(F)C1)(c1cccc(Cl)c1)c1nc2ccccc2o1. The van der Waals surface area contributed by atoms with Gasteiger partial charge in [0.1, 0.15) is 5.52 Å². The molecule has 1 aliphatic rings. The molecule has 134 valence electrons. The third-order valence-electron chi connectivity index (χ3n) is 4.81. The van der Waals surface area contributed by atoms with E-state index in [2.05, 4.69) is 4.98 Å². The van der Waals surface area contributed by atoms with Crippen molar-refractivity contribution in [3.63, 3.8) is 0 Å². The number of rotatable bonds is 4. The van der Waals surface area contributed by atoms with Crippen molar-refractivity contribution in [3.05, 3.63) is 65.0 Å². The molecule has 5 nitrogen and oxygen atoms in total. The van der Waals surface area contributed by atoms with E-state index in [4.69, 9.17) is 21.8 Å². The van der Waals surface area contributed by atoms with Crippen LogP contribution in [0.1, 0.15) is 17.9 Å². The first-order valence-corrected chi connectivity index (χ1v) is 8.72. The van der Waals surface area contributed by atoms with E-state index in [-0.39, 0.29) is 24.8 Å². The summed E-state index contributed by atoms with van der Waals surface area (Å²) in [5, 5.41) is 1.08. The van der Waals surface area contributed by atoms with Crippen LogP contribution in [0.2, 0.25) is 5.02 Å². The molecule has 3 aromatic rings. The largest absolute Gasteiger partial charge is 0.438 e. The number of hydrogen-bond acceptors (Lipinski definition) is 5. The average Bonchev–Trinajstić information content (AvgIpc) is 3.26. The van der Waals surface area contributed by atoms with Crippen LogP contribution < -0.4 is 5.73 Å². The molecule has 1 saturated heterocycles. The number of fused-ring (bicyclic) bond motifs is 1. The maximum absolute atomic E-state index is 13.5. The van der Waals surface area contributed by atoms with E-state index in [0.717, 1.165) is 0 Å². The average molecular weight is 374 g/mol. The lowest BCUT2D eigenvalue weighted by Crippen LogP contribution is -2.49. The molecule has 1 aliphatic heterocycles. The van der Waals surface area contributed by atoms with Gasteiger partial charge in [0.05, 0.1) is 0 Å². The summed E-state index contributed by atoms with van der Waals surface area (Å²) in [5.41, 5.74) is 6.60. The summed E-state index contributed by atoms with van der Waals surface area (Å²) in [7, 11) is 0. The predicted molar refractivity (Wildman–Crippen MR) is 96.2 cm³/mol. The van der Waals surface area contributed by atoms with E-state index in [1.165, 1.54) is 0 Å². The van der Waals surface area contributed by atoms with Crippen molar-refractivity contribution in [1.29, 1.82) is 0 Å². The second-order valence-corrected chi connectivity index (χ2v) is 6.96. The molecule has 1 aromatic heterocycles. The molecule has 0 radical (unpaired) electrons. The first-order valence-electron chi connectivity index (χ1n) is 8.34. The van der Waals surface area contributed by atoms with Crippen molar-refractivity contribution >= 4 is 28.5 Å². The Kier molecular flexibility index (Phi) is 4.26. The lowest BCUT2D eigenvalue weighted by atomic mass is 9.80. The molecular weight excluding hydrogens is 357 g/mol. The summed E-state index contributed by atoms with van der Waals surface area (Å²) < 4.78 is 19.4. The fourth-order valence-corrected chi connectivity index (χ4v) is 3.59. The second kappa shape index (κ2) is 6.46. The lowest BCUT2D eigenvalue weighted by molar-refractivity contribution is -0.127. The van der Waals surface area contributed by atoms with Gasteiger partial charge in [-0.05, 0) is 36.2 Å². The number of carbonyl (C=O) groups is 1. The molecule has 0 spiro atoms. The highest BCUT2D eigenvalue weighted by molar-refractivity contribution is 6.30. The zero-order valence-electron chi connectivity index (χ0n) is 13.9. The quantitative estimate of drug-likeness (QED) is 0.709. The van der Waals surface area contributed by atoms with Crippen LogP contribution in [0, 0.1) is 5.92 Å². The number of benzene rings is 2. The van der Waals surface area contributed by atoms with Crippen molar-refractivity contribution in [3.8, 4) is 0 Å². The van der Waals surface area contributed by atoms with Gasteiger partial charge in [0.25, 0.3) is 0 Å². The molecule has 2 aromatic carbocycles. The summed E-state index contributed by atoms with van der Waals surface area (Å²) in [6.07, 6.45) is 0.398. The smallest absolute Gasteiger partial charge is 0.228 e. The number of nitrogens with zero attached hydrogens (tertiary/aromatic N) is 2. The Balaban J connectivity index is 1.87. The van der Waals surface area contributed by atoms with Gasteiger partial charge in [0.15, 0.2) is 16.9 Å². The van der Waals surface area contributed by atoms with Crippen molar-refractivity contribution in [1.82, 2.24) is 10.1 Å². The van der Waals surface area contributed by atoms with E-state index >= 15 is 0 Å². The predicted octanol–water partition coefficient (Wildman–Crippen LogP) is 3.46. The molecular formula is C19H17ClFN3O2. The minimum absolute atomic E-state index is 0.0125. The van der Waals surface area contributed by atoms with Gasteiger partial charge in [-0.15, -0.1) is 9.60 Å². The maximum Gasteiger partial charge on any atom is 0.228 e. The van der Waals surface area contributed by atoms with Gasteiger partial charge in [-0.3, -0.25) is 4.79 Å². The first-order chi connectivity index (χ1) is 12.5. The van der Waals surface area contributed by atoms with Gasteiger partial charge in [-0.2, -0.15) is 0 Å². The molecule has 0 aliphatic carbocycles. The van der Waals surface area contributed by atoms with Crippen molar-refractivity contribution < 1.29 is 13.7 Å². The monoisotopic (exact) mass is 373 g/mol. The molecule has 1 fully saturated rings. The summed E-state index contributed by atoms with van der Waals surface area (Å²) >= 11 is 6.12. The molecule has 0 bridgehead atoms. The molecule has 1 unspecified atom stereocenters. The van der Waals surface area contributed by atoms with Gasteiger partial charge in [0, 0.05) is 24.0 Å². The highest BCUT2D eigenvalue weighted by Gasteiger charge is 2.47. The van der Waals surface area contributed by atoms with Crippen LogP contribution in [-0.4, -0.2) is 29.0 Å². The van der Waals surface area contributed by atoms with Gasteiger partial charge in [0.2, 0.25) is 5.89 Å². The molecule has 4 rings (SSSR count). The van der Waals surface area contributed by atoms with Crippen LogP contribution in [0.15, 0.2) is 52.9 Å². The number of Topliss-reactive ketones (excluding diaryl/α,β-unsaturated/α-hetero) is 1. The topological polar surface area (TPSA) is 72.4 Å². The number of ketones is 1. The fraction of sp³-hybridized carbons (Fsp3) is 0.263. The normalized spacial score (nSPS) is 20.3. The van der Waals surface area contributed by atoms with Gasteiger partial charge in [-0.25, -0.2) is 4.98 Å². The summed E-state index contributed by atoms with van der Waals surface area (Å²) in [4.78, 5) is 17.8. The number of nitrogens with two attached hydrogens (primary N) is 1. The number of carbonyl (C=O) groups excluding carboxylic acids is 1. The molecule has 2 heterocycles. The molecule has 7 heteroatoms. The van der Waals surface area contributed by atoms with E-state index in [1.807, 2.05) is 12.1 Å². The van der Waals surface area contributed by atoms with E-state index in [9.17, 15) is 9.28 Å². The van der Waals surface area contributed by atoms with Crippen LogP contribution in [-0.2, 0) is 10.3 Å². The van der Waals surface area contributed by atoms with Gasteiger partial charge >= 0.3 is 0 Å². The highest BCUT2D eigenvalue weighted by Crippen LogP contribution is 2.35. The zero-order valence-corrected chi connectivity index (χ0v) is 14.6. The first kappa shape index (κ1) is 17.1. The minimum Gasteiger partial charge on any atom is -0.438 e. The van der Waals surface area contributed by atoms with Crippen LogP contribution in [0.4, 0.5) is 4.48 Å². The van der Waals surface area contributed by atoms with Crippen LogP contribution in [0.3, 0.4) is 0 Å². The third-order valence-corrected chi connectivity index (χ3v) is 5.04. The molecule has 2 atom stereocenters. The number of aromatic nitrogens is 1. The molecule has 2 N–H and O–H groups in total. The fourth-order valence-electron chi connectivity index (χ4n) is 3.40. The van der Waals surface area contributed by atoms with Crippen LogP contribution in [0.25, 0.3) is 11.1 Å². The van der Waals surface area contributed by atoms with Crippen LogP contribution >= 0.6 is 11.6 Å². The summed E-state index contributed by atoms with van der Waals surface area (Å²) in [6, 6.07) is 13.9. The Labute approximate surface area is 154 Å². The highest BCUT2D eigenvalue weighted by atomic mass is 35.5. The maximum atomic E-state index is 13.5. The zero-order chi connectivity index (χ0) is 18.3. The number of para-hydroxylation sites is 2. The van der Waals surface area contributed by atoms with Crippen LogP contribution in [0.5, 0.6) is 0 Å². The Morgan fingerprint density at radius 2 is 2.12 bits per heavy atom. The molecule has 26 heavy (non-hydrogen) atoms. The summed E-state index contributed by atoms with van der Waals surface area (Å²) in [6.45, 7) is 0.216. The minimum atomic E-state index is -1.64. The van der Waals surface area contributed by atoms with E-state index in [1.54, 1.807) is 36.4 Å². The molecule has 0 amide bonds. The van der Waals surface area contributed by atoms with Crippen molar-refractivity contribution in [2.45, 2.75) is 12.0 Å². The van der Waals surface area contributed by atoms with Crippen molar-refractivity contribution in [2.24, 2.45) is 11.7 Å². The van der Waals surface area contributed by atoms with E-state index in [0.29, 0.717) is 33.2 Å². The number of halogens is 2. The lowest BCUT2D eigenvalue weighted by Gasteiger charge is -2.28. The third kappa shape index (κ3) is 2.80. The van der Waals surface area contributed by atoms with Crippen molar-refractivity contribution in [2.75, 3.05) is 13.1 Å². The Morgan fingerprint density at radius 3 is 2.81 bits per heavy atom. The molecule has 0 saturated carbocycles. The Hall–Kier alpha value is -2.28. The Bertz CT molecular complexity index is 943. The second-order valence-electron chi connectivity index (χ2n) is 6.52. The summed E-state index contributed by atoms with van der Waals surface area (Å²) in [5.74, 6) is -0.784. The van der Waals surface area contributed by atoms with Gasteiger partial charge < -0.3 is 10.2 Å². The number of oxazole rings is 1. The Morgan fingerprint density at radius 1 is 1.31 bits per heavy atom. The van der Waals surface area contributed by atoms with E-state index < -0.39 is 11.5 Å². The van der Waals surface area contributed by atoms with Gasteiger partial charge in [-0.1, -0.05) is 35.9 Å².